The van der Waals surface area contributed by atoms with Crippen LogP contribution >= 0.6 is 0 Å². The van der Waals surface area contributed by atoms with Crippen molar-refractivity contribution in [2.75, 3.05) is 26.9 Å². The van der Waals surface area contributed by atoms with Crippen LogP contribution in [0, 0.1) is 17.3 Å². The van der Waals surface area contributed by atoms with Gasteiger partial charge in [0, 0.05) is 32.7 Å². The molecule has 0 aliphatic carbocycles. The number of aromatic nitrogens is 1. The van der Waals surface area contributed by atoms with Gasteiger partial charge in [-0.25, -0.2) is 0 Å². The Morgan fingerprint density at radius 3 is 2.95 bits per heavy atom. The largest absolute Gasteiger partial charge is 0.385 e. The van der Waals surface area contributed by atoms with Crippen molar-refractivity contribution in [3.8, 4) is 11.8 Å². The number of pyridine rings is 1. The predicted molar refractivity (Wildman–Crippen MR) is 80.8 cm³/mol. The number of carbonyl (C=O) groups excluding carboxylic acids is 1. The topological polar surface area (TPSA) is 71.5 Å². The zero-order chi connectivity index (χ0) is 15.7. The fourth-order valence-electron chi connectivity index (χ4n) is 1.71. The van der Waals surface area contributed by atoms with Crippen LogP contribution in [0.4, 0.5) is 0 Å². The molecule has 0 radical (unpaired) electrons. The molecule has 0 fully saturated rings. The SMILES string of the molecule is COCCC(C)(C)CNC(=O)c1ccncc1C#CCO. The third-order valence-electron chi connectivity index (χ3n) is 3.08. The number of methoxy groups -OCH3 is 1. The van der Waals surface area contributed by atoms with Crippen molar-refractivity contribution in [2.24, 2.45) is 5.41 Å². The number of aliphatic hydroxyl groups is 1. The number of nitrogens with one attached hydrogen (secondary N) is 1. The summed E-state index contributed by atoms with van der Waals surface area (Å²) in [7, 11) is 1.66. The molecule has 0 saturated carbocycles. The Labute approximate surface area is 125 Å². The minimum Gasteiger partial charge on any atom is -0.385 e. The summed E-state index contributed by atoms with van der Waals surface area (Å²) in [6, 6.07) is 1.62. The highest BCUT2D eigenvalue weighted by atomic mass is 16.5. The molecule has 0 aromatic carbocycles. The second-order valence-corrected chi connectivity index (χ2v) is 5.47. The minimum absolute atomic E-state index is 0.0460. The van der Waals surface area contributed by atoms with E-state index in [9.17, 15) is 4.79 Å². The Kier molecular flexibility index (Phi) is 6.86. The molecule has 0 aliphatic heterocycles. The Bertz CT molecular complexity index is 530. The molecule has 1 aromatic heterocycles. The normalized spacial score (nSPS) is 10.7. The van der Waals surface area contributed by atoms with Gasteiger partial charge in [-0.05, 0) is 17.9 Å². The van der Waals surface area contributed by atoms with Gasteiger partial charge in [0.25, 0.3) is 5.91 Å². The summed E-state index contributed by atoms with van der Waals surface area (Å²) < 4.78 is 5.07. The molecule has 0 atom stereocenters. The number of nitrogens with zero attached hydrogens (tertiary/aromatic N) is 1. The predicted octanol–water partition coefficient (Wildman–Crippen LogP) is 1.22. The molecule has 1 heterocycles. The van der Waals surface area contributed by atoms with E-state index in [1.807, 2.05) is 0 Å². The summed E-state index contributed by atoms with van der Waals surface area (Å²) in [5.41, 5.74) is 0.933. The first-order chi connectivity index (χ1) is 10.00. The Hall–Kier alpha value is -1.90. The van der Waals surface area contributed by atoms with Crippen LogP contribution in [-0.4, -0.2) is 42.9 Å². The summed E-state index contributed by atoms with van der Waals surface area (Å²) >= 11 is 0. The fraction of sp³-hybridized carbons (Fsp3) is 0.500. The molecule has 0 aliphatic rings. The van der Waals surface area contributed by atoms with Gasteiger partial charge >= 0.3 is 0 Å². The second kappa shape index (κ2) is 8.40. The summed E-state index contributed by atoms with van der Waals surface area (Å²) in [6.45, 7) is 5.10. The van der Waals surface area contributed by atoms with Crippen molar-refractivity contribution in [3.05, 3.63) is 29.6 Å². The molecule has 0 unspecified atom stereocenters. The van der Waals surface area contributed by atoms with Crippen LogP contribution in [0.5, 0.6) is 0 Å². The van der Waals surface area contributed by atoms with Gasteiger partial charge in [0.1, 0.15) is 6.61 Å². The number of ether oxygens (including phenoxy) is 1. The fourth-order valence-corrected chi connectivity index (χ4v) is 1.71. The Morgan fingerprint density at radius 2 is 2.29 bits per heavy atom. The van der Waals surface area contributed by atoms with Gasteiger partial charge in [-0.3, -0.25) is 9.78 Å². The van der Waals surface area contributed by atoms with Gasteiger partial charge in [0.05, 0.1) is 11.1 Å². The maximum atomic E-state index is 12.2. The first-order valence-corrected chi connectivity index (χ1v) is 6.81. The van der Waals surface area contributed by atoms with Gasteiger partial charge in [0.15, 0.2) is 0 Å². The minimum atomic E-state index is -0.250. The lowest BCUT2D eigenvalue weighted by Crippen LogP contribution is -2.35. The summed E-state index contributed by atoms with van der Waals surface area (Å²) in [6.07, 6.45) is 3.93. The van der Waals surface area contributed by atoms with E-state index in [0.717, 1.165) is 6.42 Å². The maximum absolute atomic E-state index is 12.2. The van der Waals surface area contributed by atoms with Crippen LogP contribution < -0.4 is 5.32 Å². The average Bonchev–Trinajstić information content (AvgIpc) is 2.49. The molecule has 0 spiro atoms. The zero-order valence-corrected chi connectivity index (χ0v) is 12.8. The second-order valence-electron chi connectivity index (χ2n) is 5.47. The number of carbonyl (C=O) groups is 1. The molecular formula is C16H22N2O3. The lowest BCUT2D eigenvalue weighted by atomic mass is 9.89. The summed E-state index contributed by atoms with van der Waals surface area (Å²) in [4.78, 5) is 16.2. The molecule has 0 bridgehead atoms. The first-order valence-electron chi connectivity index (χ1n) is 6.81. The molecule has 0 saturated heterocycles. The van der Waals surface area contributed by atoms with Gasteiger partial charge < -0.3 is 15.2 Å². The number of amides is 1. The summed E-state index contributed by atoms with van der Waals surface area (Å²) in [5, 5.41) is 11.7. The Morgan fingerprint density at radius 1 is 1.52 bits per heavy atom. The van der Waals surface area contributed by atoms with E-state index in [2.05, 4.69) is 36.0 Å². The van der Waals surface area contributed by atoms with Gasteiger partial charge in [-0.2, -0.15) is 0 Å². The molecule has 5 nitrogen and oxygen atoms in total. The quantitative estimate of drug-likeness (QED) is 0.773. The maximum Gasteiger partial charge on any atom is 0.252 e. The lowest BCUT2D eigenvalue weighted by Gasteiger charge is -2.24. The number of hydrogen-bond acceptors (Lipinski definition) is 4. The van der Waals surface area contributed by atoms with Gasteiger partial charge in [0.2, 0.25) is 0 Å². The van der Waals surface area contributed by atoms with Crippen molar-refractivity contribution in [3.63, 3.8) is 0 Å². The first kappa shape index (κ1) is 17.2. The van der Waals surface area contributed by atoms with Crippen LogP contribution in [0.2, 0.25) is 0 Å². The van der Waals surface area contributed by atoms with E-state index < -0.39 is 0 Å². The van der Waals surface area contributed by atoms with E-state index in [-0.39, 0.29) is 17.9 Å². The third kappa shape index (κ3) is 5.94. The smallest absolute Gasteiger partial charge is 0.252 e. The van der Waals surface area contributed by atoms with E-state index in [1.165, 1.54) is 6.20 Å². The molecule has 21 heavy (non-hydrogen) atoms. The monoisotopic (exact) mass is 290 g/mol. The zero-order valence-electron chi connectivity index (χ0n) is 12.8. The Balaban J connectivity index is 2.72. The number of hydrogen-bond donors (Lipinski definition) is 2. The standard InChI is InChI=1S/C16H22N2O3/c1-16(2,7-10-21-3)12-18-15(20)14-6-8-17-11-13(14)5-4-9-19/h6,8,11,19H,7,9-10,12H2,1-3H3,(H,18,20). The van der Waals surface area contributed by atoms with Crippen LogP contribution in [-0.2, 0) is 4.74 Å². The van der Waals surface area contributed by atoms with E-state index in [1.54, 1.807) is 19.4 Å². The molecule has 114 valence electrons. The highest BCUT2D eigenvalue weighted by molar-refractivity contribution is 5.96. The molecule has 1 rings (SSSR count). The van der Waals surface area contributed by atoms with Crippen LogP contribution in [0.25, 0.3) is 0 Å². The van der Waals surface area contributed by atoms with Crippen molar-refractivity contribution in [1.29, 1.82) is 0 Å². The van der Waals surface area contributed by atoms with E-state index in [0.29, 0.717) is 24.3 Å². The molecule has 1 aromatic rings. The molecular weight excluding hydrogens is 268 g/mol. The molecule has 5 heteroatoms. The average molecular weight is 290 g/mol. The van der Waals surface area contributed by atoms with E-state index in [4.69, 9.17) is 9.84 Å². The highest BCUT2D eigenvalue weighted by Gasteiger charge is 2.19. The highest BCUT2D eigenvalue weighted by Crippen LogP contribution is 2.19. The number of aliphatic hydroxyl groups excluding tert-OH is 1. The third-order valence-corrected chi connectivity index (χ3v) is 3.08. The van der Waals surface area contributed by atoms with Gasteiger partial charge in [-0.1, -0.05) is 25.7 Å². The van der Waals surface area contributed by atoms with Crippen molar-refractivity contribution < 1.29 is 14.6 Å². The number of rotatable bonds is 6. The van der Waals surface area contributed by atoms with Crippen LogP contribution in [0.1, 0.15) is 36.2 Å². The van der Waals surface area contributed by atoms with Crippen molar-refractivity contribution in [1.82, 2.24) is 10.3 Å². The van der Waals surface area contributed by atoms with Crippen LogP contribution in [0.15, 0.2) is 18.5 Å². The molecule has 2 N–H and O–H groups in total. The van der Waals surface area contributed by atoms with Gasteiger partial charge in [-0.15, -0.1) is 0 Å². The molecule has 1 amide bonds. The summed E-state index contributed by atoms with van der Waals surface area (Å²) in [5.74, 6) is 5.07. The van der Waals surface area contributed by atoms with Crippen molar-refractivity contribution >= 4 is 5.91 Å². The lowest BCUT2D eigenvalue weighted by molar-refractivity contribution is 0.0920. The van der Waals surface area contributed by atoms with Crippen molar-refractivity contribution in [2.45, 2.75) is 20.3 Å². The van der Waals surface area contributed by atoms with Crippen LogP contribution in [0.3, 0.4) is 0 Å². The van der Waals surface area contributed by atoms with E-state index >= 15 is 0 Å².